The predicted molar refractivity (Wildman–Crippen MR) is 57.4 cm³/mol. The fourth-order valence-electron chi connectivity index (χ4n) is 0.879. The van der Waals surface area contributed by atoms with E-state index in [2.05, 4.69) is 11.4 Å². The van der Waals surface area contributed by atoms with Gasteiger partial charge < -0.3 is 10.4 Å². The summed E-state index contributed by atoms with van der Waals surface area (Å²) in [4.78, 5) is 21.4. The number of carbonyl (C=O) groups excluding carboxylic acids is 1. The fraction of sp³-hybridized carbons (Fsp3) is 0.667. The van der Waals surface area contributed by atoms with Gasteiger partial charge in [-0.25, -0.2) is 4.79 Å². The fourth-order valence-corrected chi connectivity index (χ4v) is 1.84. The molecule has 6 heteroatoms. The van der Waals surface area contributed by atoms with E-state index in [9.17, 15) is 9.59 Å². The summed E-state index contributed by atoms with van der Waals surface area (Å²) in [5.74, 6) is -1.25. The second-order valence-corrected chi connectivity index (χ2v) is 4.19. The molecule has 0 saturated heterocycles. The lowest BCUT2D eigenvalue weighted by Gasteiger charge is -2.14. The van der Waals surface area contributed by atoms with E-state index in [-0.39, 0.29) is 16.9 Å². The molecule has 84 valence electrons. The number of nitrogens with one attached hydrogen (secondary N) is 1. The van der Waals surface area contributed by atoms with Crippen molar-refractivity contribution in [1.29, 1.82) is 5.26 Å². The van der Waals surface area contributed by atoms with Gasteiger partial charge in [0.1, 0.15) is 6.04 Å². The summed E-state index contributed by atoms with van der Waals surface area (Å²) in [6.07, 6.45) is 0.660. The number of rotatable bonds is 6. The van der Waals surface area contributed by atoms with Crippen LogP contribution in [0.3, 0.4) is 0 Å². The zero-order chi connectivity index (χ0) is 11.8. The summed E-state index contributed by atoms with van der Waals surface area (Å²) in [5, 5.41) is 19.5. The van der Waals surface area contributed by atoms with Gasteiger partial charge in [-0.3, -0.25) is 4.79 Å². The molecule has 0 aliphatic rings. The first-order chi connectivity index (χ1) is 7.01. The molecule has 0 aromatic carbocycles. The third kappa shape index (κ3) is 5.96. The number of carbonyl (C=O) groups is 2. The molecule has 5 nitrogen and oxygen atoms in total. The van der Waals surface area contributed by atoms with E-state index < -0.39 is 12.0 Å². The van der Waals surface area contributed by atoms with E-state index in [1.807, 2.05) is 6.92 Å². The highest BCUT2D eigenvalue weighted by Crippen LogP contribution is 2.14. The Morgan fingerprint density at radius 1 is 1.60 bits per heavy atom. The van der Waals surface area contributed by atoms with Crippen molar-refractivity contribution in [2.45, 2.75) is 31.6 Å². The molecule has 0 aromatic heterocycles. The van der Waals surface area contributed by atoms with Gasteiger partial charge in [0.2, 0.25) is 5.91 Å². The standard InChI is InChI=1S/C9H14N2O3S/c1-3-7(4-10)15-5-8(9(13)14)11-6(2)12/h7-8H,3,5H2,1-2H3,(H,11,12)(H,13,14)/t7?,8-/m0/s1. The summed E-state index contributed by atoms with van der Waals surface area (Å²) in [6, 6.07) is 1.14. The molecule has 0 aliphatic carbocycles. The minimum Gasteiger partial charge on any atom is -0.480 e. The van der Waals surface area contributed by atoms with Crippen LogP contribution >= 0.6 is 11.8 Å². The third-order valence-corrected chi connectivity index (χ3v) is 3.02. The number of thioether (sulfide) groups is 1. The summed E-state index contributed by atoms with van der Waals surface area (Å²) < 4.78 is 0. The molecule has 15 heavy (non-hydrogen) atoms. The lowest BCUT2D eigenvalue weighted by molar-refractivity contribution is -0.140. The topological polar surface area (TPSA) is 90.2 Å². The van der Waals surface area contributed by atoms with Gasteiger partial charge in [-0.1, -0.05) is 6.92 Å². The predicted octanol–water partition coefficient (Wildman–Crippen LogP) is 0.611. The van der Waals surface area contributed by atoms with Crippen LogP contribution in [-0.4, -0.2) is 34.0 Å². The quantitative estimate of drug-likeness (QED) is 0.697. The van der Waals surface area contributed by atoms with Crippen molar-refractivity contribution >= 4 is 23.6 Å². The van der Waals surface area contributed by atoms with Gasteiger partial charge in [0.05, 0.1) is 11.3 Å². The van der Waals surface area contributed by atoms with Crippen molar-refractivity contribution in [2.24, 2.45) is 0 Å². The largest absolute Gasteiger partial charge is 0.480 e. The van der Waals surface area contributed by atoms with Gasteiger partial charge in [0, 0.05) is 12.7 Å². The zero-order valence-electron chi connectivity index (χ0n) is 8.69. The van der Waals surface area contributed by atoms with E-state index in [4.69, 9.17) is 10.4 Å². The molecule has 0 bridgehead atoms. The number of aliphatic carboxylic acids is 1. The van der Waals surface area contributed by atoms with Crippen molar-refractivity contribution in [2.75, 3.05) is 5.75 Å². The number of amides is 1. The number of carboxylic acid groups (broad SMARTS) is 1. The average Bonchev–Trinajstić information content (AvgIpc) is 2.16. The summed E-state index contributed by atoms with van der Waals surface area (Å²) in [7, 11) is 0. The van der Waals surface area contributed by atoms with Crippen LogP contribution in [0.5, 0.6) is 0 Å². The molecule has 0 radical (unpaired) electrons. The van der Waals surface area contributed by atoms with Gasteiger partial charge in [-0.2, -0.15) is 5.26 Å². The van der Waals surface area contributed by atoms with Crippen LogP contribution in [0.4, 0.5) is 0 Å². The molecule has 0 spiro atoms. The normalized spacial score (nSPS) is 13.7. The summed E-state index contributed by atoms with van der Waals surface area (Å²) in [5.41, 5.74) is 0. The average molecular weight is 230 g/mol. The first-order valence-corrected chi connectivity index (χ1v) is 5.57. The minimum absolute atomic E-state index is 0.209. The van der Waals surface area contributed by atoms with E-state index in [0.717, 1.165) is 0 Å². The van der Waals surface area contributed by atoms with Crippen LogP contribution in [0.25, 0.3) is 0 Å². The second-order valence-electron chi connectivity index (χ2n) is 2.95. The van der Waals surface area contributed by atoms with E-state index in [0.29, 0.717) is 6.42 Å². The Hall–Kier alpha value is -1.22. The summed E-state index contributed by atoms with van der Waals surface area (Å²) >= 11 is 1.24. The van der Waals surface area contributed by atoms with Crippen LogP contribution in [0.15, 0.2) is 0 Å². The molecule has 0 aliphatic heterocycles. The van der Waals surface area contributed by atoms with Crippen molar-refractivity contribution in [3.05, 3.63) is 0 Å². The Kier molecular flexibility index (Phi) is 6.54. The lowest BCUT2D eigenvalue weighted by Crippen LogP contribution is -2.41. The number of nitrogens with zero attached hydrogens (tertiary/aromatic N) is 1. The smallest absolute Gasteiger partial charge is 0.327 e. The van der Waals surface area contributed by atoms with E-state index in [1.165, 1.54) is 18.7 Å². The van der Waals surface area contributed by atoms with E-state index >= 15 is 0 Å². The molecule has 0 saturated carbocycles. The van der Waals surface area contributed by atoms with Gasteiger partial charge in [0.15, 0.2) is 0 Å². The number of nitriles is 1. The van der Waals surface area contributed by atoms with Crippen LogP contribution in [0.2, 0.25) is 0 Å². The minimum atomic E-state index is -1.08. The van der Waals surface area contributed by atoms with Gasteiger partial charge in [0.25, 0.3) is 0 Å². The summed E-state index contributed by atoms with van der Waals surface area (Å²) in [6.45, 7) is 3.12. The zero-order valence-corrected chi connectivity index (χ0v) is 9.50. The first-order valence-electron chi connectivity index (χ1n) is 4.52. The first kappa shape index (κ1) is 13.8. The Balaban J connectivity index is 4.13. The lowest BCUT2D eigenvalue weighted by atomic mass is 10.3. The Labute approximate surface area is 92.8 Å². The Bertz CT molecular complexity index is 275. The molecule has 2 atom stereocenters. The Morgan fingerprint density at radius 3 is 2.53 bits per heavy atom. The van der Waals surface area contributed by atoms with Crippen molar-refractivity contribution in [1.82, 2.24) is 5.32 Å². The molecule has 1 amide bonds. The number of carboxylic acids is 1. The van der Waals surface area contributed by atoms with Gasteiger partial charge in [-0.15, -0.1) is 11.8 Å². The number of hydrogen-bond acceptors (Lipinski definition) is 4. The molecule has 0 rings (SSSR count). The van der Waals surface area contributed by atoms with Crippen molar-refractivity contribution < 1.29 is 14.7 Å². The molecule has 0 heterocycles. The van der Waals surface area contributed by atoms with Crippen molar-refractivity contribution in [3.63, 3.8) is 0 Å². The molecular formula is C9H14N2O3S. The molecule has 0 fully saturated rings. The SMILES string of the molecule is CCC(C#N)SC[C@H](NC(C)=O)C(=O)O. The molecular weight excluding hydrogens is 216 g/mol. The van der Waals surface area contributed by atoms with Crippen molar-refractivity contribution in [3.8, 4) is 6.07 Å². The molecule has 1 unspecified atom stereocenters. The van der Waals surface area contributed by atoms with Gasteiger partial charge >= 0.3 is 5.97 Å². The van der Waals surface area contributed by atoms with Crippen LogP contribution in [-0.2, 0) is 9.59 Å². The molecule has 0 aromatic rings. The monoisotopic (exact) mass is 230 g/mol. The highest BCUT2D eigenvalue weighted by molar-refractivity contribution is 8.00. The molecule has 2 N–H and O–H groups in total. The highest BCUT2D eigenvalue weighted by Gasteiger charge is 2.19. The van der Waals surface area contributed by atoms with Crippen LogP contribution in [0.1, 0.15) is 20.3 Å². The maximum Gasteiger partial charge on any atom is 0.327 e. The van der Waals surface area contributed by atoms with Gasteiger partial charge in [-0.05, 0) is 6.42 Å². The number of hydrogen-bond donors (Lipinski definition) is 2. The highest BCUT2D eigenvalue weighted by atomic mass is 32.2. The van der Waals surface area contributed by atoms with E-state index in [1.54, 1.807) is 0 Å². The second kappa shape index (κ2) is 7.12. The Morgan fingerprint density at radius 2 is 2.20 bits per heavy atom. The maximum absolute atomic E-state index is 10.7. The van der Waals surface area contributed by atoms with Crippen LogP contribution < -0.4 is 5.32 Å². The third-order valence-electron chi connectivity index (χ3n) is 1.65. The maximum atomic E-state index is 10.7. The van der Waals surface area contributed by atoms with Crippen LogP contribution in [0, 0.1) is 11.3 Å².